The Bertz CT molecular complexity index is 300. The van der Waals surface area contributed by atoms with Gasteiger partial charge in [0.1, 0.15) is 5.57 Å². The van der Waals surface area contributed by atoms with Gasteiger partial charge in [0.05, 0.1) is 13.2 Å². The van der Waals surface area contributed by atoms with Gasteiger partial charge in [-0.1, -0.05) is 0 Å². The van der Waals surface area contributed by atoms with Crippen molar-refractivity contribution < 1.29 is 36.5 Å². The van der Waals surface area contributed by atoms with Crippen LogP contribution in [0.25, 0.3) is 0 Å². The average molecular weight is 263 g/mol. The van der Waals surface area contributed by atoms with Gasteiger partial charge in [-0.2, -0.15) is 0 Å². The minimum absolute atomic E-state index is 0. The first-order valence-corrected chi connectivity index (χ1v) is 4.50. The third-order valence-corrected chi connectivity index (χ3v) is 2.03. The minimum atomic E-state index is -0.616. The van der Waals surface area contributed by atoms with E-state index in [0.717, 1.165) is 0 Å². The number of rotatable bonds is 3. The van der Waals surface area contributed by atoms with Crippen molar-refractivity contribution in [2.75, 3.05) is 19.7 Å². The molecule has 0 bridgehead atoms. The van der Waals surface area contributed by atoms with Crippen LogP contribution in [0.1, 0.15) is 13.8 Å². The van der Waals surface area contributed by atoms with Crippen LogP contribution in [0.3, 0.4) is 0 Å². The molecule has 0 saturated carbocycles. The van der Waals surface area contributed by atoms with Crippen molar-refractivity contribution in [3.8, 4) is 0 Å². The number of carbonyl (C=O) groups is 2. The molecule has 1 radical (unpaired) electrons. The second-order valence-electron chi connectivity index (χ2n) is 2.87. The zero-order valence-corrected chi connectivity index (χ0v) is 9.48. The number of amides is 1. The van der Waals surface area contributed by atoms with Gasteiger partial charge in [-0.3, -0.25) is 4.79 Å². The summed E-state index contributed by atoms with van der Waals surface area (Å²) in [6, 6.07) is 0. The van der Waals surface area contributed by atoms with E-state index in [1.807, 2.05) is 0 Å². The second kappa shape index (κ2) is 5.78. The Kier molecular flexibility index (Phi) is 5.39. The second-order valence-corrected chi connectivity index (χ2v) is 2.87. The predicted octanol–water partition coefficient (Wildman–Crippen LogP) is 0.221. The van der Waals surface area contributed by atoms with Crippen molar-refractivity contribution in [3.63, 3.8) is 0 Å². The maximum atomic E-state index is 11.3. The molecule has 0 aromatic carbocycles. The number of ether oxygens (including phenoxy) is 1. The third kappa shape index (κ3) is 2.73. The molecule has 1 aliphatic rings. The van der Waals surface area contributed by atoms with E-state index in [0.29, 0.717) is 6.54 Å². The van der Waals surface area contributed by atoms with E-state index in [2.05, 4.69) is 0 Å². The third-order valence-electron chi connectivity index (χ3n) is 2.03. The molecule has 0 saturated heterocycles. The zero-order valence-electron chi connectivity index (χ0n) is 8.54. The van der Waals surface area contributed by atoms with Gasteiger partial charge in [0.15, 0.2) is 5.76 Å². The van der Waals surface area contributed by atoms with Gasteiger partial charge in [-0.05, 0) is 13.8 Å². The first-order valence-electron chi connectivity index (χ1n) is 4.50. The van der Waals surface area contributed by atoms with Crippen LogP contribution in [0.2, 0.25) is 0 Å². The molecule has 6 heteroatoms. The van der Waals surface area contributed by atoms with Crippen LogP contribution in [0, 0.1) is 0 Å². The van der Waals surface area contributed by atoms with Crippen LogP contribution < -0.4 is 0 Å². The Morgan fingerprint density at radius 2 is 2.13 bits per heavy atom. The Morgan fingerprint density at radius 1 is 1.53 bits per heavy atom. The number of carbonyl (C=O) groups excluding carboxylic acids is 2. The van der Waals surface area contributed by atoms with Crippen molar-refractivity contribution >= 4 is 11.9 Å². The summed E-state index contributed by atoms with van der Waals surface area (Å²) in [5.74, 6) is -1.60. The molecule has 0 fully saturated rings. The number of esters is 1. The number of likely N-dealkylation sites (N-methyl/N-ethyl adjacent to an activating group) is 1. The maximum Gasteiger partial charge on any atom is 2.00 e. The van der Waals surface area contributed by atoms with Crippen LogP contribution in [0.4, 0.5) is 0 Å². The number of nitrogens with zero attached hydrogens (tertiary/aromatic N) is 1. The Balaban J connectivity index is 0.00000196. The number of hydrogen-bond acceptors (Lipinski definition) is 4. The standard InChI is InChI=1S/C9H13NO4.Cu/c1-3-10-5-6(7(11)8(10)12)9(13)14-4-2;/h11H,3-5H2,1-2H3;/q;+2. The number of aliphatic hydroxyl groups is 1. The van der Waals surface area contributed by atoms with Gasteiger partial charge in [0, 0.05) is 6.54 Å². The van der Waals surface area contributed by atoms with Gasteiger partial charge in [-0.25, -0.2) is 4.79 Å². The average Bonchev–Trinajstić information content (AvgIpc) is 2.44. The first-order chi connectivity index (χ1) is 6.61. The molecule has 15 heavy (non-hydrogen) atoms. The maximum absolute atomic E-state index is 11.3. The molecule has 0 spiro atoms. The molecule has 87 valence electrons. The smallest absolute Gasteiger partial charge is 0.503 e. The van der Waals surface area contributed by atoms with Gasteiger partial charge < -0.3 is 14.7 Å². The normalized spacial score (nSPS) is 15.3. The molecule has 1 aliphatic heterocycles. The van der Waals surface area contributed by atoms with Gasteiger partial charge >= 0.3 is 23.0 Å². The summed E-state index contributed by atoms with van der Waals surface area (Å²) in [6.45, 7) is 4.28. The molecule has 5 nitrogen and oxygen atoms in total. The number of hydrogen-bond donors (Lipinski definition) is 1. The number of aliphatic hydroxyl groups excluding tert-OH is 1. The van der Waals surface area contributed by atoms with Crippen LogP contribution in [-0.2, 0) is 31.4 Å². The van der Waals surface area contributed by atoms with E-state index < -0.39 is 17.6 Å². The molecule has 1 heterocycles. The summed E-state index contributed by atoms with van der Waals surface area (Å²) < 4.78 is 4.70. The largest absolute Gasteiger partial charge is 2.00 e. The van der Waals surface area contributed by atoms with E-state index in [9.17, 15) is 14.7 Å². The van der Waals surface area contributed by atoms with Crippen molar-refractivity contribution in [1.29, 1.82) is 0 Å². The predicted molar refractivity (Wildman–Crippen MR) is 48.5 cm³/mol. The summed E-state index contributed by atoms with van der Waals surface area (Å²) in [4.78, 5) is 23.9. The summed E-state index contributed by atoms with van der Waals surface area (Å²) >= 11 is 0. The van der Waals surface area contributed by atoms with Crippen LogP contribution in [0.15, 0.2) is 11.3 Å². The Morgan fingerprint density at radius 3 is 2.53 bits per heavy atom. The molecule has 1 amide bonds. The van der Waals surface area contributed by atoms with E-state index >= 15 is 0 Å². The van der Waals surface area contributed by atoms with Gasteiger partial charge in [0.2, 0.25) is 0 Å². The van der Waals surface area contributed by atoms with Crippen molar-refractivity contribution in [2.45, 2.75) is 13.8 Å². The molecule has 0 atom stereocenters. The van der Waals surface area contributed by atoms with Crippen molar-refractivity contribution in [3.05, 3.63) is 11.3 Å². The Hall–Kier alpha value is -1.00. The fourth-order valence-corrected chi connectivity index (χ4v) is 1.25. The van der Waals surface area contributed by atoms with Gasteiger partial charge in [0.25, 0.3) is 5.91 Å². The monoisotopic (exact) mass is 262 g/mol. The fraction of sp³-hybridized carbons (Fsp3) is 0.556. The summed E-state index contributed by atoms with van der Waals surface area (Å²) in [6.07, 6.45) is 0. The summed E-state index contributed by atoms with van der Waals surface area (Å²) in [5.41, 5.74) is 0.0544. The molecule has 0 unspecified atom stereocenters. The van der Waals surface area contributed by atoms with E-state index in [1.54, 1.807) is 13.8 Å². The summed E-state index contributed by atoms with van der Waals surface area (Å²) in [7, 11) is 0. The molecule has 0 aliphatic carbocycles. The molecule has 0 aromatic heterocycles. The topological polar surface area (TPSA) is 66.8 Å². The SMILES string of the molecule is CCOC(=O)C1=C(O)C(=O)N(CC)C1.[Cu+2]. The van der Waals surface area contributed by atoms with Crippen LogP contribution in [0.5, 0.6) is 0 Å². The van der Waals surface area contributed by atoms with E-state index in [1.165, 1.54) is 4.90 Å². The van der Waals surface area contributed by atoms with Crippen LogP contribution >= 0.6 is 0 Å². The molecule has 0 aromatic rings. The Labute approximate surface area is 98.5 Å². The first kappa shape index (κ1) is 14.0. The zero-order chi connectivity index (χ0) is 10.7. The minimum Gasteiger partial charge on any atom is -0.503 e. The fourth-order valence-electron chi connectivity index (χ4n) is 1.25. The van der Waals surface area contributed by atoms with E-state index in [4.69, 9.17) is 4.74 Å². The molecule has 1 N–H and O–H groups in total. The molecular formula is C9H13CuNO4+2. The van der Waals surface area contributed by atoms with Crippen LogP contribution in [-0.4, -0.2) is 41.6 Å². The summed E-state index contributed by atoms with van der Waals surface area (Å²) in [5, 5.41) is 9.34. The van der Waals surface area contributed by atoms with Crippen molar-refractivity contribution in [2.24, 2.45) is 0 Å². The van der Waals surface area contributed by atoms with Gasteiger partial charge in [-0.15, -0.1) is 0 Å². The van der Waals surface area contributed by atoms with E-state index in [-0.39, 0.29) is 35.8 Å². The molecule has 1 rings (SSSR count). The van der Waals surface area contributed by atoms with Crippen molar-refractivity contribution in [1.82, 2.24) is 4.90 Å². The molecular weight excluding hydrogens is 250 g/mol. The quantitative estimate of drug-likeness (QED) is 0.584.